The molecule has 2 N–H and O–H groups in total. The maximum atomic E-state index is 12.3. The molecule has 0 bridgehead atoms. The number of aromatic hydroxyl groups is 1. The van der Waals surface area contributed by atoms with Crippen molar-refractivity contribution in [1.82, 2.24) is 14.9 Å². The molecule has 2 heterocycles. The van der Waals surface area contributed by atoms with Crippen LogP contribution in [0.3, 0.4) is 0 Å². The summed E-state index contributed by atoms with van der Waals surface area (Å²) in [7, 11) is 1.46. The SMILES string of the molecule is COc1cc(O)cc(-c2nc(-c3c(C)c(Cl)c(C)n(O)c3=O)no2)c1. The Morgan fingerprint density at radius 3 is 2.68 bits per heavy atom. The van der Waals surface area contributed by atoms with E-state index in [4.69, 9.17) is 20.9 Å². The Hall–Kier alpha value is -3.00. The summed E-state index contributed by atoms with van der Waals surface area (Å²) >= 11 is 6.14. The number of hydrogen-bond donors (Lipinski definition) is 2. The van der Waals surface area contributed by atoms with Crippen molar-refractivity contribution >= 4 is 11.6 Å². The minimum absolute atomic E-state index is 0.0236. The fourth-order valence-corrected chi connectivity index (χ4v) is 2.60. The van der Waals surface area contributed by atoms with Gasteiger partial charge in [0.25, 0.3) is 11.4 Å². The van der Waals surface area contributed by atoms with E-state index in [1.807, 2.05) is 0 Å². The van der Waals surface area contributed by atoms with Gasteiger partial charge in [0.1, 0.15) is 11.5 Å². The minimum Gasteiger partial charge on any atom is -0.508 e. The number of ether oxygens (including phenoxy) is 1. The van der Waals surface area contributed by atoms with Crippen molar-refractivity contribution in [3.8, 4) is 34.3 Å². The quantitative estimate of drug-likeness (QED) is 0.688. The van der Waals surface area contributed by atoms with Gasteiger partial charge in [-0.05, 0) is 31.5 Å². The van der Waals surface area contributed by atoms with Gasteiger partial charge in [0.05, 0.1) is 23.4 Å². The fraction of sp³-hybridized carbons (Fsp3) is 0.188. The normalized spacial score (nSPS) is 10.9. The van der Waals surface area contributed by atoms with E-state index in [2.05, 4.69) is 10.1 Å². The van der Waals surface area contributed by atoms with Crippen LogP contribution in [-0.2, 0) is 0 Å². The molecule has 1 aromatic carbocycles. The lowest BCUT2D eigenvalue weighted by molar-refractivity contribution is 0.168. The number of pyridine rings is 1. The second-order valence-electron chi connectivity index (χ2n) is 5.36. The van der Waals surface area contributed by atoms with Gasteiger partial charge in [0.15, 0.2) is 0 Å². The molecule has 0 saturated carbocycles. The van der Waals surface area contributed by atoms with E-state index < -0.39 is 5.56 Å². The van der Waals surface area contributed by atoms with Crippen LogP contribution >= 0.6 is 11.6 Å². The molecule has 0 aliphatic rings. The smallest absolute Gasteiger partial charge is 0.294 e. The zero-order chi connectivity index (χ0) is 18.3. The number of halogens is 1. The highest BCUT2D eigenvalue weighted by Crippen LogP contribution is 2.31. The maximum Gasteiger partial charge on any atom is 0.294 e. The highest BCUT2D eigenvalue weighted by molar-refractivity contribution is 6.32. The molecule has 25 heavy (non-hydrogen) atoms. The van der Waals surface area contributed by atoms with Crippen LogP contribution in [0, 0.1) is 13.8 Å². The van der Waals surface area contributed by atoms with E-state index in [9.17, 15) is 15.1 Å². The van der Waals surface area contributed by atoms with E-state index in [1.54, 1.807) is 13.0 Å². The van der Waals surface area contributed by atoms with Crippen LogP contribution in [0.4, 0.5) is 0 Å². The molecule has 0 spiro atoms. The first-order valence-electron chi connectivity index (χ1n) is 7.17. The molecule has 0 saturated heterocycles. The van der Waals surface area contributed by atoms with Crippen LogP contribution in [0.5, 0.6) is 11.5 Å². The van der Waals surface area contributed by atoms with Crippen molar-refractivity contribution in [2.45, 2.75) is 13.8 Å². The molecule has 8 nitrogen and oxygen atoms in total. The third kappa shape index (κ3) is 2.80. The molecule has 130 valence electrons. The average molecular weight is 364 g/mol. The average Bonchev–Trinajstić information content (AvgIpc) is 3.07. The predicted molar refractivity (Wildman–Crippen MR) is 89.3 cm³/mol. The molecule has 2 aromatic heterocycles. The van der Waals surface area contributed by atoms with Crippen LogP contribution in [0.25, 0.3) is 22.8 Å². The van der Waals surface area contributed by atoms with Crippen LogP contribution < -0.4 is 10.3 Å². The summed E-state index contributed by atoms with van der Waals surface area (Å²) in [5, 5.41) is 23.6. The van der Waals surface area contributed by atoms with Gasteiger partial charge in [-0.3, -0.25) is 4.79 Å². The zero-order valence-corrected chi connectivity index (χ0v) is 14.3. The summed E-state index contributed by atoms with van der Waals surface area (Å²) in [5.74, 6) is 0.414. The molecule has 3 aromatic rings. The highest BCUT2D eigenvalue weighted by Gasteiger charge is 2.22. The first-order valence-corrected chi connectivity index (χ1v) is 7.54. The van der Waals surface area contributed by atoms with E-state index in [-0.39, 0.29) is 33.7 Å². The third-order valence-corrected chi connectivity index (χ3v) is 4.33. The van der Waals surface area contributed by atoms with E-state index in [0.29, 0.717) is 21.6 Å². The molecule has 3 rings (SSSR count). The van der Waals surface area contributed by atoms with Gasteiger partial charge in [0.2, 0.25) is 5.82 Å². The lowest BCUT2D eigenvalue weighted by Gasteiger charge is -2.09. The van der Waals surface area contributed by atoms with Gasteiger partial charge < -0.3 is 19.6 Å². The summed E-state index contributed by atoms with van der Waals surface area (Å²) in [6.45, 7) is 3.14. The number of methoxy groups -OCH3 is 1. The summed E-state index contributed by atoms with van der Waals surface area (Å²) in [4.78, 5) is 16.5. The molecular weight excluding hydrogens is 350 g/mol. The number of benzene rings is 1. The first kappa shape index (κ1) is 16.8. The molecule has 0 fully saturated rings. The van der Waals surface area contributed by atoms with Gasteiger partial charge in [0, 0.05) is 11.6 Å². The highest BCUT2D eigenvalue weighted by atomic mass is 35.5. The van der Waals surface area contributed by atoms with E-state index >= 15 is 0 Å². The Kier molecular flexibility index (Phi) is 4.13. The molecule has 0 atom stereocenters. The number of phenols is 1. The van der Waals surface area contributed by atoms with Crippen molar-refractivity contribution < 1.29 is 19.6 Å². The number of nitrogens with zero attached hydrogens (tertiary/aromatic N) is 3. The second-order valence-corrected chi connectivity index (χ2v) is 5.74. The first-order chi connectivity index (χ1) is 11.8. The fourth-order valence-electron chi connectivity index (χ4n) is 2.42. The lowest BCUT2D eigenvalue weighted by Crippen LogP contribution is -2.23. The lowest BCUT2D eigenvalue weighted by atomic mass is 10.1. The Labute approximate surface area is 146 Å². The molecular formula is C16H14ClN3O5. The summed E-state index contributed by atoms with van der Waals surface area (Å²) in [6, 6.07) is 4.44. The summed E-state index contributed by atoms with van der Waals surface area (Å²) in [5.41, 5.74) is 0.376. The molecule has 0 aliphatic carbocycles. The number of hydrogen-bond acceptors (Lipinski definition) is 7. The van der Waals surface area contributed by atoms with Crippen molar-refractivity contribution in [1.29, 1.82) is 0 Å². The van der Waals surface area contributed by atoms with Gasteiger partial charge in [-0.1, -0.05) is 16.8 Å². The van der Waals surface area contributed by atoms with E-state index in [1.165, 1.54) is 26.2 Å². The summed E-state index contributed by atoms with van der Waals surface area (Å²) in [6.07, 6.45) is 0. The van der Waals surface area contributed by atoms with Crippen LogP contribution in [0.15, 0.2) is 27.5 Å². The Bertz CT molecular complexity index is 1030. The van der Waals surface area contributed by atoms with Gasteiger partial charge in [-0.15, -0.1) is 0 Å². The molecule has 9 heteroatoms. The number of rotatable bonds is 3. The minimum atomic E-state index is -0.708. The molecule has 0 radical (unpaired) electrons. The van der Waals surface area contributed by atoms with Crippen molar-refractivity contribution in [3.63, 3.8) is 0 Å². The third-order valence-electron chi connectivity index (χ3n) is 3.77. The van der Waals surface area contributed by atoms with Crippen molar-refractivity contribution in [2.24, 2.45) is 0 Å². The predicted octanol–water partition coefficient (Wildman–Crippen LogP) is 2.79. The molecule has 0 aliphatic heterocycles. The monoisotopic (exact) mass is 363 g/mol. The van der Waals surface area contributed by atoms with E-state index in [0.717, 1.165) is 0 Å². The Morgan fingerprint density at radius 2 is 2.00 bits per heavy atom. The summed E-state index contributed by atoms with van der Waals surface area (Å²) < 4.78 is 10.7. The van der Waals surface area contributed by atoms with Gasteiger partial charge in [-0.25, -0.2) is 0 Å². The standard InChI is InChI=1S/C16H14ClN3O5/c1-7-12(16(22)20(23)8(2)13(7)17)14-18-15(25-19-14)9-4-10(21)6-11(5-9)24-3/h4-6,21,23H,1-3H3. The second kappa shape index (κ2) is 6.14. The largest absolute Gasteiger partial charge is 0.508 e. The number of phenolic OH excluding ortho intramolecular Hbond substituents is 1. The Morgan fingerprint density at radius 1 is 1.28 bits per heavy atom. The zero-order valence-electron chi connectivity index (χ0n) is 13.6. The maximum absolute atomic E-state index is 12.3. The van der Waals surface area contributed by atoms with Crippen LogP contribution in [0.2, 0.25) is 5.02 Å². The molecule has 0 unspecified atom stereocenters. The van der Waals surface area contributed by atoms with Crippen molar-refractivity contribution in [2.75, 3.05) is 7.11 Å². The van der Waals surface area contributed by atoms with Gasteiger partial charge in [-0.2, -0.15) is 9.71 Å². The van der Waals surface area contributed by atoms with Crippen LogP contribution in [0.1, 0.15) is 11.3 Å². The van der Waals surface area contributed by atoms with Crippen molar-refractivity contribution in [3.05, 3.63) is 44.8 Å². The number of aromatic nitrogens is 3. The molecule has 0 amide bonds. The topological polar surface area (TPSA) is 111 Å². The Balaban J connectivity index is 2.15. The van der Waals surface area contributed by atoms with Crippen LogP contribution in [-0.4, -0.2) is 32.3 Å². The van der Waals surface area contributed by atoms with Gasteiger partial charge >= 0.3 is 0 Å².